The molecular formula is C23H30N4O. The number of hydrogen-bond donors (Lipinski definition) is 1. The van der Waals surface area contributed by atoms with Gasteiger partial charge in [-0.2, -0.15) is 5.10 Å². The highest BCUT2D eigenvalue weighted by Gasteiger charge is 2.16. The van der Waals surface area contributed by atoms with E-state index in [-0.39, 0.29) is 11.9 Å². The average molecular weight is 379 g/mol. The Morgan fingerprint density at radius 3 is 2.68 bits per heavy atom. The number of benzene rings is 1. The van der Waals surface area contributed by atoms with E-state index in [1.165, 1.54) is 6.42 Å². The summed E-state index contributed by atoms with van der Waals surface area (Å²) in [5.74, 6) is 0.651. The molecule has 0 aliphatic rings. The van der Waals surface area contributed by atoms with E-state index in [0.29, 0.717) is 11.5 Å². The lowest BCUT2D eigenvalue weighted by molar-refractivity contribution is 0.0939. The predicted molar refractivity (Wildman–Crippen MR) is 114 cm³/mol. The summed E-state index contributed by atoms with van der Waals surface area (Å²) in [5, 5.41) is 8.38. The number of nitrogens with zero attached hydrogens (tertiary/aromatic N) is 3. The van der Waals surface area contributed by atoms with Crippen molar-refractivity contribution in [2.24, 2.45) is 5.92 Å². The summed E-state index contributed by atoms with van der Waals surface area (Å²) in [6, 6.07) is 9.83. The molecule has 5 nitrogen and oxygen atoms in total. The zero-order valence-electron chi connectivity index (χ0n) is 17.3. The van der Waals surface area contributed by atoms with Gasteiger partial charge in [0.2, 0.25) is 0 Å². The van der Waals surface area contributed by atoms with Crippen LogP contribution in [-0.4, -0.2) is 26.7 Å². The molecule has 1 amide bonds. The monoisotopic (exact) mass is 378 g/mol. The summed E-state index contributed by atoms with van der Waals surface area (Å²) in [6.45, 7) is 9.38. The van der Waals surface area contributed by atoms with Crippen LogP contribution in [0.25, 0.3) is 22.2 Å². The van der Waals surface area contributed by atoms with Crippen molar-refractivity contribution in [3.05, 3.63) is 48.3 Å². The van der Waals surface area contributed by atoms with Gasteiger partial charge in [0.25, 0.3) is 5.91 Å². The van der Waals surface area contributed by atoms with E-state index >= 15 is 0 Å². The van der Waals surface area contributed by atoms with Gasteiger partial charge in [0, 0.05) is 29.7 Å². The third-order valence-corrected chi connectivity index (χ3v) is 5.01. The summed E-state index contributed by atoms with van der Waals surface area (Å²) >= 11 is 0. The molecule has 0 aliphatic heterocycles. The Morgan fingerprint density at radius 2 is 1.96 bits per heavy atom. The Labute approximate surface area is 167 Å². The van der Waals surface area contributed by atoms with E-state index in [4.69, 9.17) is 4.98 Å². The van der Waals surface area contributed by atoms with Crippen molar-refractivity contribution in [1.82, 2.24) is 20.1 Å². The highest BCUT2D eigenvalue weighted by atomic mass is 16.1. The number of rotatable bonds is 8. The first-order chi connectivity index (χ1) is 13.5. The van der Waals surface area contributed by atoms with E-state index in [0.717, 1.165) is 41.5 Å². The summed E-state index contributed by atoms with van der Waals surface area (Å²) in [4.78, 5) is 17.8. The van der Waals surface area contributed by atoms with Gasteiger partial charge in [-0.1, -0.05) is 44.9 Å². The zero-order chi connectivity index (χ0) is 20.1. The second-order valence-corrected chi connectivity index (χ2v) is 7.86. The highest BCUT2D eigenvalue weighted by molar-refractivity contribution is 6.07. The van der Waals surface area contributed by atoms with Gasteiger partial charge in [-0.3, -0.25) is 9.48 Å². The third-order valence-electron chi connectivity index (χ3n) is 5.01. The van der Waals surface area contributed by atoms with Gasteiger partial charge in [-0.05, 0) is 38.3 Å². The molecule has 1 aromatic carbocycles. The molecule has 0 spiro atoms. The van der Waals surface area contributed by atoms with Crippen molar-refractivity contribution in [2.75, 3.05) is 0 Å². The van der Waals surface area contributed by atoms with Crippen LogP contribution >= 0.6 is 0 Å². The summed E-state index contributed by atoms with van der Waals surface area (Å²) in [5.41, 5.74) is 3.19. The van der Waals surface area contributed by atoms with E-state index in [1.807, 2.05) is 48.1 Å². The van der Waals surface area contributed by atoms with Crippen LogP contribution in [0.5, 0.6) is 0 Å². The smallest absolute Gasteiger partial charge is 0.252 e. The number of aryl methyl sites for hydroxylation is 1. The first kappa shape index (κ1) is 20.1. The standard InChI is InChI=1S/C23H30N4O/c1-5-27-15-18(14-24-27)22-13-20(19-11-6-7-12-21(19)26-22)23(28)25-17(4)10-8-9-16(2)3/h6-7,11-17H,5,8-10H2,1-4H3,(H,25,28). The Hall–Kier alpha value is -2.69. The van der Waals surface area contributed by atoms with E-state index in [2.05, 4.69) is 31.2 Å². The molecule has 0 saturated heterocycles. The van der Waals surface area contributed by atoms with Gasteiger partial charge in [-0.15, -0.1) is 0 Å². The molecule has 0 aliphatic carbocycles. The minimum atomic E-state index is -0.0419. The molecule has 3 aromatic rings. The summed E-state index contributed by atoms with van der Waals surface area (Å²) in [6.07, 6.45) is 7.06. The second-order valence-electron chi connectivity index (χ2n) is 7.86. The minimum absolute atomic E-state index is 0.0419. The van der Waals surface area contributed by atoms with Crippen molar-refractivity contribution in [3.8, 4) is 11.3 Å². The normalized spacial score (nSPS) is 12.5. The van der Waals surface area contributed by atoms with Crippen LogP contribution < -0.4 is 5.32 Å². The summed E-state index contributed by atoms with van der Waals surface area (Å²) < 4.78 is 1.86. The van der Waals surface area contributed by atoms with Crippen LogP contribution in [0.3, 0.4) is 0 Å². The van der Waals surface area contributed by atoms with E-state index in [1.54, 1.807) is 6.20 Å². The van der Waals surface area contributed by atoms with Gasteiger partial charge in [0.15, 0.2) is 0 Å². The molecule has 0 bridgehead atoms. The number of para-hydroxylation sites is 1. The number of nitrogens with one attached hydrogen (secondary N) is 1. The first-order valence-electron chi connectivity index (χ1n) is 10.2. The van der Waals surface area contributed by atoms with Gasteiger partial charge in [0.05, 0.1) is 23.0 Å². The van der Waals surface area contributed by atoms with Crippen molar-refractivity contribution in [1.29, 1.82) is 0 Å². The molecule has 0 saturated carbocycles. The SMILES string of the molecule is CCn1cc(-c2cc(C(=O)NC(C)CCCC(C)C)c3ccccc3n2)cn1. The predicted octanol–water partition coefficient (Wildman–Crippen LogP) is 5.06. The molecule has 1 unspecified atom stereocenters. The van der Waals surface area contributed by atoms with Crippen LogP contribution in [0, 0.1) is 5.92 Å². The first-order valence-corrected chi connectivity index (χ1v) is 10.2. The van der Waals surface area contributed by atoms with Crippen LogP contribution in [0.2, 0.25) is 0 Å². The molecular weight excluding hydrogens is 348 g/mol. The van der Waals surface area contributed by atoms with Crippen molar-refractivity contribution < 1.29 is 4.79 Å². The molecule has 3 rings (SSSR count). The van der Waals surface area contributed by atoms with Gasteiger partial charge >= 0.3 is 0 Å². The van der Waals surface area contributed by atoms with E-state index < -0.39 is 0 Å². The van der Waals surface area contributed by atoms with Crippen LogP contribution in [-0.2, 0) is 6.54 Å². The van der Waals surface area contributed by atoms with Crippen molar-refractivity contribution in [3.63, 3.8) is 0 Å². The lowest BCUT2D eigenvalue weighted by atomic mass is 10.0. The average Bonchev–Trinajstić information content (AvgIpc) is 3.16. The number of fused-ring (bicyclic) bond motifs is 1. The number of pyridine rings is 1. The van der Waals surface area contributed by atoms with Crippen molar-refractivity contribution in [2.45, 2.75) is 59.5 Å². The fraction of sp³-hybridized carbons (Fsp3) is 0.435. The zero-order valence-corrected chi connectivity index (χ0v) is 17.3. The molecule has 2 aromatic heterocycles. The van der Waals surface area contributed by atoms with Gasteiger partial charge < -0.3 is 5.32 Å². The molecule has 28 heavy (non-hydrogen) atoms. The number of aromatic nitrogens is 3. The van der Waals surface area contributed by atoms with E-state index in [9.17, 15) is 4.79 Å². The molecule has 148 valence electrons. The topological polar surface area (TPSA) is 59.8 Å². The van der Waals surface area contributed by atoms with Crippen LogP contribution in [0.15, 0.2) is 42.7 Å². The molecule has 2 heterocycles. The number of amides is 1. The van der Waals surface area contributed by atoms with Crippen LogP contribution in [0.4, 0.5) is 0 Å². The quantitative estimate of drug-likeness (QED) is 0.596. The van der Waals surface area contributed by atoms with Gasteiger partial charge in [0.1, 0.15) is 0 Å². The maximum atomic E-state index is 13.1. The summed E-state index contributed by atoms with van der Waals surface area (Å²) in [7, 11) is 0. The lowest BCUT2D eigenvalue weighted by Crippen LogP contribution is -2.32. The number of carbonyl (C=O) groups is 1. The molecule has 1 atom stereocenters. The molecule has 1 N–H and O–H groups in total. The molecule has 0 radical (unpaired) electrons. The fourth-order valence-electron chi connectivity index (χ4n) is 3.39. The Bertz CT molecular complexity index is 945. The molecule has 5 heteroatoms. The third kappa shape index (κ3) is 4.77. The largest absolute Gasteiger partial charge is 0.350 e. The maximum Gasteiger partial charge on any atom is 0.252 e. The second kappa shape index (κ2) is 9.00. The van der Waals surface area contributed by atoms with Crippen molar-refractivity contribution >= 4 is 16.8 Å². The Kier molecular flexibility index (Phi) is 6.45. The minimum Gasteiger partial charge on any atom is -0.350 e. The van der Waals surface area contributed by atoms with Crippen LogP contribution in [0.1, 0.15) is 57.3 Å². The maximum absolute atomic E-state index is 13.1. The number of carbonyl (C=O) groups excluding carboxylic acids is 1. The van der Waals surface area contributed by atoms with Gasteiger partial charge in [-0.25, -0.2) is 4.98 Å². The Morgan fingerprint density at radius 1 is 1.18 bits per heavy atom. The Balaban J connectivity index is 1.87. The highest BCUT2D eigenvalue weighted by Crippen LogP contribution is 2.25. The fourth-order valence-corrected chi connectivity index (χ4v) is 3.39. The molecule has 0 fully saturated rings. The number of hydrogen-bond acceptors (Lipinski definition) is 3. The lowest BCUT2D eigenvalue weighted by Gasteiger charge is -2.16.